The summed E-state index contributed by atoms with van der Waals surface area (Å²) in [6.07, 6.45) is 1.76. The van der Waals surface area contributed by atoms with Crippen molar-refractivity contribution >= 4 is 15.9 Å². The van der Waals surface area contributed by atoms with Crippen molar-refractivity contribution in [2.75, 3.05) is 14.2 Å². The van der Waals surface area contributed by atoms with Crippen molar-refractivity contribution in [2.24, 2.45) is 7.05 Å². The van der Waals surface area contributed by atoms with E-state index in [1.54, 1.807) is 18.0 Å². The Morgan fingerprint density at radius 2 is 2.22 bits per heavy atom. The van der Waals surface area contributed by atoms with E-state index in [9.17, 15) is 0 Å². The molecule has 0 saturated carbocycles. The second-order valence-corrected chi connectivity index (χ2v) is 4.75. The molecule has 5 nitrogen and oxygen atoms in total. The van der Waals surface area contributed by atoms with Crippen LogP contribution in [0.4, 0.5) is 0 Å². The molecule has 1 N–H and O–H groups in total. The molecule has 0 fully saturated rings. The summed E-state index contributed by atoms with van der Waals surface area (Å²) in [6.45, 7) is 0. The summed E-state index contributed by atoms with van der Waals surface area (Å²) in [5.74, 6) is 0.816. The highest BCUT2D eigenvalue weighted by Crippen LogP contribution is 2.30. The van der Waals surface area contributed by atoms with E-state index in [-0.39, 0.29) is 6.04 Å². The van der Waals surface area contributed by atoms with Gasteiger partial charge in [-0.15, -0.1) is 5.10 Å². The number of hydrogen-bond acceptors (Lipinski definition) is 4. The number of ether oxygens (including phenoxy) is 1. The van der Waals surface area contributed by atoms with Gasteiger partial charge in [-0.2, -0.15) is 0 Å². The van der Waals surface area contributed by atoms with Crippen molar-refractivity contribution in [1.82, 2.24) is 20.3 Å². The zero-order valence-electron chi connectivity index (χ0n) is 10.5. The number of aromatic nitrogens is 3. The van der Waals surface area contributed by atoms with E-state index in [0.29, 0.717) is 0 Å². The van der Waals surface area contributed by atoms with E-state index in [2.05, 4.69) is 31.6 Å². The molecule has 0 radical (unpaired) electrons. The van der Waals surface area contributed by atoms with Crippen LogP contribution in [0.2, 0.25) is 0 Å². The molecule has 18 heavy (non-hydrogen) atoms. The second kappa shape index (κ2) is 5.49. The molecule has 2 rings (SSSR count). The predicted octanol–water partition coefficient (Wildman–Crippen LogP) is 1.89. The first kappa shape index (κ1) is 13.0. The Bertz CT molecular complexity index is 541. The molecule has 1 heterocycles. The number of methoxy groups -OCH3 is 1. The van der Waals surface area contributed by atoms with Crippen LogP contribution in [0.1, 0.15) is 17.3 Å². The lowest BCUT2D eigenvalue weighted by molar-refractivity contribution is 0.411. The van der Waals surface area contributed by atoms with Gasteiger partial charge in [-0.1, -0.05) is 11.3 Å². The van der Waals surface area contributed by atoms with E-state index in [1.165, 1.54) is 0 Å². The van der Waals surface area contributed by atoms with Gasteiger partial charge in [0.2, 0.25) is 0 Å². The Kier molecular flexibility index (Phi) is 3.98. The van der Waals surface area contributed by atoms with Gasteiger partial charge in [0.15, 0.2) is 0 Å². The maximum atomic E-state index is 5.23. The van der Waals surface area contributed by atoms with Gasteiger partial charge < -0.3 is 10.1 Å². The van der Waals surface area contributed by atoms with Crippen LogP contribution in [-0.2, 0) is 7.05 Å². The van der Waals surface area contributed by atoms with Gasteiger partial charge in [-0.25, -0.2) is 0 Å². The highest BCUT2D eigenvalue weighted by atomic mass is 79.9. The van der Waals surface area contributed by atoms with Crippen LogP contribution >= 0.6 is 15.9 Å². The van der Waals surface area contributed by atoms with Crippen LogP contribution < -0.4 is 10.1 Å². The van der Waals surface area contributed by atoms with E-state index >= 15 is 0 Å². The van der Waals surface area contributed by atoms with Crippen molar-refractivity contribution < 1.29 is 4.74 Å². The Hall–Kier alpha value is -1.40. The third kappa shape index (κ3) is 2.39. The zero-order chi connectivity index (χ0) is 13.1. The molecular weight excluding hydrogens is 296 g/mol. The van der Waals surface area contributed by atoms with Crippen LogP contribution in [0.25, 0.3) is 0 Å². The average Bonchev–Trinajstić information content (AvgIpc) is 2.77. The van der Waals surface area contributed by atoms with Crippen molar-refractivity contribution in [3.63, 3.8) is 0 Å². The van der Waals surface area contributed by atoms with Crippen molar-refractivity contribution in [3.05, 3.63) is 40.1 Å². The predicted molar refractivity (Wildman–Crippen MR) is 72.6 cm³/mol. The highest BCUT2D eigenvalue weighted by Gasteiger charge is 2.17. The topological polar surface area (TPSA) is 52.0 Å². The molecule has 0 saturated heterocycles. The molecule has 2 aromatic rings. The summed E-state index contributed by atoms with van der Waals surface area (Å²) in [6, 6.07) is 6.05. The molecule has 1 atom stereocenters. The maximum absolute atomic E-state index is 5.23. The summed E-state index contributed by atoms with van der Waals surface area (Å²) in [7, 11) is 5.45. The average molecular weight is 311 g/mol. The summed E-state index contributed by atoms with van der Waals surface area (Å²) in [4.78, 5) is 0. The number of aryl methyl sites for hydroxylation is 1. The third-order valence-electron chi connectivity index (χ3n) is 2.84. The molecule has 0 aliphatic rings. The number of nitrogens with one attached hydrogen (secondary N) is 1. The molecule has 6 heteroatoms. The van der Waals surface area contributed by atoms with Gasteiger partial charge in [0, 0.05) is 7.05 Å². The molecule has 0 spiro atoms. The normalized spacial score (nSPS) is 12.4. The van der Waals surface area contributed by atoms with Crippen molar-refractivity contribution in [1.29, 1.82) is 0 Å². The van der Waals surface area contributed by atoms with Crippen LogP contribution in [0.15, 0.2) is 28.9 Å². The zero-order valence-corrected chi connectivity index (χ0v) is 12.1. The largest absolute Gasteiger partial charge is 0.496 e. The fourth-order valence-electron chi connectivity index (χ4n) is 1.91. The van der Waals surface area contributed by atoms with Gasteiger partial charge >= 0.3 is 0 Å². The third-order valence-corrected chi connectivity index (χ3v) is 3.46. The summed E-state index contributed by atoms with van der Waals surface area (Å²) in [5, 5.41) is 11.1. The minimum atomic E-state index is 0.0483. The first-order valence-electron chi connectivity index (χ1n) is 5.52. The number of benzene rings is 1. The fourth-order valence-corrected chi connectivity index (χ4v) is 2.46. The van der Waals surface area contributed by atoms with Crippen LogP contribution in [0, 0.1) is 0 Å². The van der Waals surface area contributed by atoms with Crippen molar-refractivity contribution in [3.8, 4) is 5.75 Å². The lowest BCUT2D eigenvalue weighted by Gasteiger charge is -2.17. The smallest absolute Gasteiger partial charge is 0.133 e. The van der Waals surface area contributed by atoms with E-state index < -0.39 is 0 Å². The molecule has 1 aromatic carbocycles. The van der Waals surface area contributed by atoms with E-state index in [1.807, 2.05) is 32.3 Å². The Labute approximate surface area is 114 Å². The quantitative estimate of drug-likeness (QED) is 0.937. The molecular formula is C12H15BrN4O. The molecule has 0 bridgehead atoms. The maximum Gasteiger partial charge on any atom is 0.133 e. The van der Waals surface area contributed by atoms with E-state index in [0.717, 1.165) is 21.5 Å². The first-order chi connectivity index (χ1) is 8.67. The monoisotopic (exact) mass is 310 g/mol. The Morgan fingerprint density at radius 3 is 2.72 bits per heavy atom. The number of halogens is 1. The fraction of sp³-hybridized carbons (Fsp3) is 0.333. The molecule has 0 aliphatic carbocycles. The summed E-state index contributed by atoms with van der Waals surface area (Å²) in [5.41, 5.74) is 2.13. The van der Waals surface area contributed by atoms with E-state index in [4.69, 9.17) is 4.74 Å². The molecule has 0 aliphatic heterocycles. The van der Waals surface area contributed by atoms with Crippen LogP contribution in [0.3, 0.4) is 0 Å². The molecule has 0 amide bonds. The van der Waals surface area contributed by atoms with Gasteiger partial charge in [-0.3, -0.25) is 4.68 Å². The van der Waals surface area contributed by atoms with Gasteiger partial charge in [0.05, 0.1) is 29.5 Å². The Balaban J connectivity index is 2.40. The summed E-state index contributed by atoms with van der Waals surface area (Å²) >= 11 is 3.50. The van der Waals surface area contributed by atoms with Gasteiger partial charge in [0.25, 0.3) is 0 Å². The first-order valence-corrected chi connectivity index (χ1v) is 6.32. The minimum Gasteiger partial charge on any atom is -0.496 e. The van der Waals surface area contributed by atoms with Crippen LogP contribution in [0.5, 0.6) is 5.75 Å². The SMILES string of the molecule is CNC(c1ccc(OC)c(Br)c1)c1cnnn1C. The minimum absolute atomic E-state index is 0.0483. The van der Waals surface area contributed by atoms with Crippen molar-refractivity contribution in [2.45, 2.75) is 6.04 Å². The van der Waals surface area contributed by atoms with Gasteiger partial charge in [-0.05, 0) is 40.7 Å². The molecule has 1 aromatic heterocycles. The van der Waals surface area contributed by atoms with Gasteiger partial charge in [0.1, 0.15) is 5.75 Å². The molecule has 96 valence electrons. The lowest BCUT2D eigenvalue weighted by atomic mass is 10.0. The Morgan fingerprint density at radius 1 is 1.44 bits per heavy atom. The number of hydrogen-bond donors (Lipinski definition) is 1. The molecule has 1 unspecified atom stereocenters. The lowest BCUT2D eigenvalue weighted by Crippen LogP contribution is -2.20. The highest BCUT2D eigenvalue weighted by molar-refractivity contribution is 9.10. The number of nitrogens with zero attached hydrogens (tertiary/aromatic N) is 3. The standard InChI is InChI=1S/C12H15BrN4O/c1-14-12(10-7-15-16-17(10)2)8-4-5-11(18-3)9(13)6-8/h4-7,12,14H,1-3H3. The van der Waals surface area contributed by atoms with Crippen LogP contribution in [-0.4, -0.2) is 29.2 Å². The second-order valence-electron chi connectivity index (χ2n) is 3.90. The summed E-state index contributed by atoms with van der Waals surface area (Å²) < 4.78 is 7.92. The number of rotatable bonds is 4.